The van der Waals surface area contributed by atoms with Crippen LogP contribution in [0, 0.1) is 13.8 Å². The molecule has 0 heterocycles. The third-order valence-electron chi connectivity index (χ3n) is 5.38. The smallest absolute Gasteiger partial charge is 0.277 e. The van der Waals surface area contributed by atoms with Gasteiger partial charge in [0.1, 0.15) is 12.4 Å². The van der Waals surface area contributed by atoms with E-state index in [1.165, 1.54) is 5.56 Å². The van der Waals surface area contributed by atoms with Crippen LogP contribution >= 0.6 is 0 Å². The summed E-state index contributed by atoms with van der Waals surface area (Å²) < 4.78 is 17.2. The number of hydrazone groups is 1. The van der Waals surface area contributed by atoms with Crippen LogP contribution in [-0.2, 0) is 11.4 Å². The molecule has 178 valence electrons. The third-order valence-corrected chi connectivity index (χ3v) is 5.38. The van der Waals surface area contributed by atoms with Gasteiger partial charge in [-0.1, -0.05) is 50.2 Å². The number of ether oxygens (including phenoxy) is 3. The van der Waals surface area contributed by atoms with Crippen molar-refractivity contribution < 1.29 is 19.0 Å². The Balaban J connectivity index is 1.55. The molecule has 0 fully saturated rings. The van der Waals surface area contributed by atoms with Crippen LogP contribution in [0.15, 0.2) is 65.8 Å². The third kappa shape index (κ3) is 6.85. The van der Waals surface area contributed by atoms with Gasteiger partial charge in [-0.25, -0.2) is 5.43 Å². The first kappa shape index (κ1) is 24.8. The maximum absolute atomic E-state index is 12.2. The molecule has 0 saturated heterocycles. The molecule has 34 heavy (non-hydrogen) atoms. The number of carbonyl (C=O) groups is 1. The van der Waals surface area contributed by atoms with Crippen LogP contribution in [-0.4, -0.2) is 25.8 Å². The van der Waals surface area contributed by atoms with Crippen LogP contribution in [0.2, 0.25) is 0 Å². The second kappa shape index (κ2) is 11.9. The summed E-state index contributed by atoms with van der Waals surface area (Å²) in [6.07, 6.45) is 1.55. The van der Waals surface area contributed by atoms with E-state index in [-0.39, 0.29) is 12.5 Å². The number of hydrogen-bond donors (Lipinski definition) is 1. The molecular weight excluding hydrogens is 428 g/mol. The lowest BCUT2D eigenvalue weighted by molar-refractivity contribution is -0.123. The van der Waals surface area contributed by atoms with Crippen LogP contribution in [0.3, 0.4) is 0 Å². The van der Waals surface area contributed by atoms with E-state index in [2.05, 4.69) is 37.4 Å². The van der Waals surface area contributed by atoms with Crippen molar-refractivity contribution in [2.45, 2.75) is 40.2 Å². The molecule has 0 unspecified atom stereocenters. The number of amides is 1. The summed E-state index contributed by atoms with van der Waals surface area (Å²) in [5.41, 5.74) is 7.71. The summed E-state index contributed by atoms with van der Waals surface area (Å²) in [6.45, 7) is 8.57. The molecule has 0 aliphatic rings. The number of aryl methyl sites for hydroxylation is 2. The van der Waals surface area contributed by atoms with Crippen molar-refractivity contribution in [3.63, 3.8) is 0 Å². The zero-order valence-corrected chi connectivity index (χ0v) is 20.4. The molecule has 0 atom stereocenters. The molecular formula is C28H32N2O4. The SMILES string of the molecule is COc1cc(/C=N/NC(=O)COc2cc(C)ccc2C(C)C)ccc1OCc1ccccc1C. The van der Waals surface area contributed by atoms with Crippen LogP contribution in [0.1, 0.15) is 47.6 Å². The Morgan fingerprint density at radius 2 is 1.76 bits per heavy atom. The van der Waals surface area contributed by atoms with Crippen molar-refractivity contribution in [3.8, 4) is 17.2 Å². The summed E-state index contributed by atoms with van der Waals surface area (Å²) in [6, 6.07) is 19.6. The molecule has 1 amide bonds. The summed E-state index contributed by atoms with van der Waals surface area (Å²) in [5, 5.41) is 4.04. The fourth-order valence-corrected chi connectivity index (χ4v) is 3.41. The first-order valence-corrected chi connectivity index (χ1v) is 11.3. The molecule has 0 saturated carbocycles. The summed E-state index contributed by atoms with van der Waals surface area (Å²) in [5.74, 6) is 1.92. The number of nitrogens with one attached hydrogen (secondary N) is 1. The normalized spacial score (nSPS) is 11.0. The van der Waals surface area contributed by atoms with E-state index >= 15 is 0 Å². The van der Waals surface area contributed by atoms with E-state index in [1.807, 2.05) is 55.5 Å². The summed E-state index contributed by atoms with van der Waals surface area (Å²) in [4.78, 5) is 12.2. The highest BCUT2D eigenvalue weighted by Crippen LogP contribution is 2.29. The van der Waals surface area contributed by atoms with Gasteiger partial charge in [0, 0.05) is 0 Å². The van der Waals surface area contributed by atoms with Crippen molar-refractivity contribution in [3.05, 3.63) is 88.5 Å². The Labute approximate surface area is 201 Å². The second-order valence-electron chi connectivity index (χ2n) is 8.40. The number of nitrogens with zero attached hydrogens (tertiary/aromatic N) is 1. The molecule has 3 aromatic carbocycles. The van der Waals surface area contributed by atoms with Crippen LogP contribution in [0.4, 0.5) is 0 Å². The lowest BCUT2D eigenvalue weighted by atomic mass is 10.0. The predicted octanol–water partition coefficient (Wildman–Crippen LogP) is 5.54. The van der Waals surface area contributed by atoms with Crippen molar-refractivity contribution in [2.75, 3.05) is 13.7 Å². The van der Waals surface area contributed by atoms with Gasteiger partial charge in [0.15, 0.2) is 18.1 Å². The molecule has 0 aromatic heterocycles. The van der Waals surface area contributed by atoms with Gasteiger partial charge >= 0.3 is 0 Å². The van der Waals surface area contributed by atoms with Crippen LogP contribution in [0.25, 0.3) is 0 Å². The molecule has 1 N–H and O–H groups in total. The van der Waals surface area contributed by atoms with E-state index in [0.717, 1.165) is 28.0 Å². The Bertz CT molecular complexity index is 1150. The highest BCUT2D eigenvalue weighted by atomic mass is 16.5. The van der Waals surface area contributed by atoms with Crippen LogP contribution in [0.5, 0.6) is 17.2 Å². The van der Waals surface area contributed by atoms with Gasteiger partial charge in [0.2, 0.25) is 0 Å². The second-order valence-corrected chi connectivity index (χ2v) is 8.40. The zero-order chi connectivity index (χ0) is 24.5. The van der Waals surface area contributed by atoms with Gasteiger partial charge in [-0.15, -0.1) is 0 Å². The molecule has 0 radical (unpaired) electrons. The quantitative estimate of drug-likeness (QED) is 0.318. The van der Waals surface area contributed by atoms with Crippen molar-refractivity contribution in [2.24, 2.45) is 5.10 Å². The maximum atomic E-state index is 12.2. The fourth-order valence-electron chi connectivity index (χ4n) is 3.41. The van der Waals surface area contributed by atoms with Gasteiger partial charge in [0.25, 0.3) is 5.91 Å². The van der Waals surface area contributed by atoms with E-state index in [1.54, 1.807) is 19.4 Å². The minimum absolute atomic E-state index is 0.116. The predicted molar refractivity (Wildman–Crippen MR) is 135 cm³/mol. The van der Waals surface area contributed by atoms with E-state index in [0.29, 0.717) is 24.0 Å². The van der Waals surface area contributed by atoms with Crippen LogP contribution < -0.4 is 19.6 Å². The molecule has 6 heteroatoms. The van der Waals surface area contributed by atoms with Gasteiger partial charge in [-0.05, 0) is 71.8 Å². The maximum Gasteiger partial charge on any atom is 0.277 e. The van der Waals surface area contributed by atoms with Crippen molar-refractivity contribution in [1.29, 1.82) is 0 Å². The Hall–Kier alpha value is -3.80. The van der Waals surface area contributed by atoms with Crippen molar-refractivity contribution in [1.82, 2.24) is 5.43 Å². The van der Waals surface area contributed by atoms with E-state index < -0.39 is 0 Å². The van der Waals surface area contributed by atoms with E-state index in [4.69, 9.17) is 14.2 Å². The fraction of sp³-hybridized carbons (Fsp3) is 0.286. The average molecular weight is 461 g/mol. The monoisotopic (exact) mass is 460 g/mol. The highest BCUT2D eigenvalue weighted by molar-refractivity contribution is 5.83. The first-order valence-electron chi connectivity index (χ1n) is 11.3. The standard InChI is InChI=1S/C28H32N2O4/c1-19(2)24-12-10-20(3)14-26(24)34-18-28(31)30-29-16-22-11-13-25(27(15-22)32-5)33-17-23-9-7-6-8-21(23)4/h6-16,19H,17-18H2,1-5H3,(H,30,31)/b29-16+. The Kier molecular flexibility index (Phi) is 8.68. The lowest BCUT2D eigenvalue weighted by Gasteiger charge is -2.14. The molecule has 0 aliphatic carbocycles. The number of methoxy groups -OCH3 is 1. The molecule has 3 aromatic rings. The van der Waals surface area contributed by atoms with E-state index in [9.17, 15) is 4.79 Å². The van der Waals surface area contributed by atoms with Gasteiger partial charge in [-0.2, -0.15) is 5.10 Å². The number of carbonyl (C=O) groups excluding carboxylic acids is 1. The van der Waals surface area contributed by atoms with Gasteiger partial charge < -0.3 is 14.2 Å². The largest absolute Gasteiger partial charge is 0.493 e. The summed E-state index contributed by atoms with van der Waals surface area (Å²) in [7, 11) is 1.59. The minimum Gasteiger partial charge on any atom is -0.493 e. The highest BCUT2D eigenvalue weighted by Gasteiger charge is 2.10. The Morgan fingerprint density at radius 3 is 2.50 bits per heavy atom. The molecule has 0 bridgehead atoms. The number of rotatable bonds is 10. The average Bonchev–Trinajstić information content (AvgIpc) is 2.82. The summed E-state index contributed by atoms with van der Waals surface area (Å²) >= 11 is 0. The topological polar surface area (TPSA) is 69.2 Å². The van der Waals surface area contributed by atoms with Gasteiger partial charge in [-0.3, -0.25) is 4.79 Å². The first-order chi connectivity index (χ1) is 16.4. The lowest BCUT2D eigenvalue weighted by Crippen LogP contribution is -2.25. The number of hydrogen-bond acceptors (Lipinski definition) is 5. The minimum atomic E-state index is -0.336. The molecule has 6 nitrogen and oxygen atoms in total. The molecule has 0 aliphatic heterocycles. The van der Waals surface area contributed by atoms with Gasteiger partial charge in [0.05, 0.1) is 13.3 Å². The zero-order valence-electron chi connectivity index (χ0n) is 20.4. The molecule has 0 spiro atoms. The number of benzene rings is 3. The Morgan fingerprint density at radius 1 is 0.971 bits per heavy atom. The van der Waals surface area contributed by atoms with Crippen molar-refractivity contribution >= 4 is 12.1 Å². The molecule has 3 rings (SSSR count).